The summed E-state index contributed by atoms with van der Waals surface area (Å²) in [5, 5.41) is 6.05. The number of nitrogens with zero attached hydrogens (tertiary/aromatic N) is 1. The SMILES string of the molecule is CCCCC(=O)NC(=S)Nc1cccc(-c2nc3cc([C@@H](C)CC)ccc3o2)c1. The molecule has 0 spiro atoms. The molecule has 0 aliphatic carbocycles. The zero-order chi connectivity index (χ0) is 20.8. The van der Waals surface area contributed by atoms with E-state index < -0.39 is 0 Å². The fraction of sp³-hybridized carbons (Fsp3) is 0.348. The van der Waals surface area contributed by atoms with Crippen LogP contribution in [0.1, 0.15) is 57.9 Å². The summed E-state index contributed by atoms with van der Waals surface area (Å²) >= 11 is 5.24. The van der Waals surface area contributed by atoms with Gasteiger partial charge in [-0.15, -0.1) is 0 Å². The summed E-state index contributed by atoms with van der Waals surface area (Å²) in [5.41, 5.74) is 4.50. The molecule has 0 radical (unpaired) electrons. The molecule has 2 N–H and O–H groups in total. The number of carbonyl (C=O) groups excluding carboxylic acids is 1. The summed E-state index contributed by atoms with van der Waals surface area (Å²) < 4.78 is 5.95. The molecule has 0 unspecified atom stereocenters. The lowest BCUT2D eigenvalue weighted by Gasteiger charge is -2.10. The number of anilines is 1. The number of fused-ring (bicyclic) bond motifs is 1. The zero-order valence-electron chi connectivity index (χ0n) is 17.1. The molecule has 1 heterocycles. The number of oxazole rings is 1. The molecule has 3 rings (SSSR count). The van der Waals surface area contributed by atoms with Gasteiger partial charge < -0.3 is 15.1 Å². The smallest absolute Gasteiger partial charge is 0.227 e. The summed E-state index contributed by atoms with van der Waals surface area (Å²) in [6.45, 7) is 6.44. The highest BCUT2D eigenvalue weighted by Gasteiger charge is 2.12. The molecular weight excluding hydrogens is 382 g/mol. The highest BCUT2D eigenvalue weighted by atomic mass is 32.1. The standard InChI is InChI=1S/C23H27N3O2S/c1-4-6-10-21(27)26-23(29)24-18-9-7-8-17(13-18)22-25-19-14-16(15(3)5-2)11-12-20(19)28-22/h7-9,11-15H,4-6,10H2,1-3H3,(H2,24,26,27,29)/t15-/m0/s1. The van der Waals surface area contributed by atoms with Crippen LogP contribution in [0.5, 0.6) is 0 Å². The molecule has 1 amide bonds. The number of carbonyl (C=O) groups is 1. The monoisotopic (exact) mass is 409 g/mol. The van der Waals surface area contributed by atoms with E-state index in [4.69, 9.17) is 16.6 Å². The fourth-order valence-corrected chi connectivity index (χ4v) is 3.26. The first kappa shape index (κ1) is 21.0. The lowest BCUT2D eigenvalue weighted by atomic mass is 9.98. The first-order chi connectivity index (χ1) is 14.0. The summed E-state index contributed by atoms with van der Waals surface area (Å²) in [6.07, 6.45) is 3.37. The van der Waals surface area contributed by atoms with Crippen LogP contribution in [0.15, 0.2) is 46.9 Å². The molecule has 0 saturated heterocycles. The van der Waals surface area contributed by atoms with Crippen LogP contribution in [-0.4, -0.2) is 16.0 Å². The van der Waals surface area contributed by atoms with Gasteiger partial charge >= 0.3 is 0 Å². The minimum absolute atomic E-state index is 0.0726. The van der Waals surface area contributed by atoms with E-state index in [0.29, 0.717) is 23.3 Å². The van der Waals surface area contributed by atoms with Crippen molar-refractivity contribution in [2.45, 2.75) is 52.4 Å². The Hall–Kier alpha value is -2.73. The molecule has 2 aromatic carbocycles. The molecule has 1 aromatic heterocycles. The average Bonchev–Trinajstić information content (AvgIpc) is 3.15. The number of hydrogen-bond donors (Lipinski definition) is 2. The van der Waals surface area contributed by atoms with Gasteiger partial charge in [-0.05, 0) is 66.9 Å². The topological polar surface area (TPSA) is 67.2 Å². The predicted octanol–water partition coefficient (Wildman–Crippen LogP) is 6.01. The maximum Gasteiger partial charge on any atom is 0.227 e. The van der Waals surface area contributed by atoms with Crippen LogP contribution in [0.2, 0.25) is 0 Å². The lowest BCUT2D eigenvalue weighted by molar-refractivity contribution is -0.119. The Morgan fingerprint density at radius 3 is 2.79 bits per heavy atom. The van der Waals surface area contributed by atoms with Crippen molar-refractivity contribution in [3.05, 3.63) is 48.0 Å². The number of benzene rings is 2. The van der Waals surface area contributed by atoms with Crippen molar-refractivity contribution < 1.29 is 9.21 Å². The first-order valence-electron chi connectivity index (χ1n) is 10.1. The largest absolute Gasteiger partial charge is 0.436 e. The number of nitrogens with one attached hydrogen (secondary N) is 2. The van der Waals surface area contributed by atoms with E-state index in [1.165, 1.54) is 5.56 Å². The third-order valence-corrected chi connectivity index (χ3v) is 5.17. The van der Waals surface area contributed by atoms with Gasteiger partial charge in [0.25, 0.3) is 0 Å². The number of thiocarbonyl (C=S) groups is 1. The van der Waals surface area contributed by atoms with E-state index in [-0.39, 0.29) is 5.91 Å². The summed E-state index contributed by atoms with van der Waals surface area (Å²) in [4.78, 5) is 16.5. The second-order valence-corrected chi connectivity index (χ2v) is 7.65. The van der Waals surface area contributed by atoms with Crippen LogP contribution in [-0.2, 0) is 4.79 Å². The Balaban J connectivity index is 1.75. The Morgan fingerprint density at radius 2 is 2.03 bits per heavy atom. The third-order valence-electron chi connectivity index (χ3n) is 4.97. The Bertz CT molecular complexity index is 1010. The zero-order valence-corrected chi connectivity index (χ0v) is 17.9. The van der Waals surface area contributed by atoms with E-state index in [1.807, 2.05) is 37.3 Å². The van der Waals surface area contributed by atoms with Gasteiger partial charge in [0.2, 0.25) is 11.8 Å². The van der Waals surface area contributed by atoms with Crippen LogP contribution in [0.3, 0.4) is 0 Å². The minimum atomic E-state index is -0.0726. The number of unbranched alkanes of at least 4 members (excludes halogenated alkanes) is 1. The Morgan fingerprint density at radius 1 is 1.21 bits per heavy atom. The molecule has 6 heteroatoms. The maximum absolute atomic E-state index is 11.8. The molecule has 1 atom stereocenters. The van der Waals surface area contributed by atoms with E-state index in [1.54, 1.807) is 0 Å². The maximum atomic E-state index is 11.8. The van der Waals surface area contributed by atoms with Crippen molar-refractivity contribution in [1.29, 1.82) is 0 Å². The highest BCUT2D eigenvalue weighted by molar-refractivity contribution is 7.80. The number of amides is 1. The summed E-state index contributed by atoms with van der Waals surface area (Å²) in [6, 6.07) is 13.8. The van der Waals surface area contributed by atoms with E-state index in [2.05, 4.69) is 41.6 Å². The predicted molar refractivity (Wildman–Crippen MR) is 122 cm³/mol. The minimum Gasteiger partial charge on any atom is -0.436 e. The number of hydrogen-bond acceptors (Lipinski definition) is 4. The van der Waals surface area contributed by atoms with Gasteiger partial charge in [0, 0.05) is 17.7 Å². The van der Waals surface area contributed by atoms with Gasteiger partial charge in [-0.1, -0.05) is 39.3 Å². The average molecular weight is 410 g/mol. The number of aromatic nitrogens is 1. The first-order valence-corrected chi connectivity index (χ1v) is 10.5. The van der Waals surface area contributed by atoms with Crippen molar-refractivity contribution in [3.8, 4) is 11.5 Å². The third kappa shape index (κ3) is 5.41. The van der Waals surface area contributed by atoms with Crippen LogP contribution in [0, 0.1) is 0 Å². The van der Waals surface area contributed by atoms with Crippen molar-refractivity contribution in [2.75, 3.05) is 5.32 Å². The molecule has 0 bridgehead atoms. The quantitative estimate of drug-likeness (QED) is 0.468. The molecule has 29 heavy (non-hydrogen) atoms. The van der Waals surface area contributed by atoms with Gasteiger partial charge in [-0.2, -0.15) is 0 Å². The van der Waals surface area contributed by atoms with Crippen LogP contribution < -0.4 is 10.6 Å². The van der Waals surface area contributed by atoms with Gasteiger partial charge in [0.15, 0.2) is 10.7 Å². The summed E-state index contributed by atoms with van der Waals surface area (Å²) in [5.74, 6) is 0.972. The van der Waals surface area contributed by atoms with Gasteiger partial charge in [-0.3, -0.25) is 4.79 Å². The molecule has 0 saturated carbocycles. The van der Waals surface area contributed by atoms with Gasteiger partial charge in [-0.25, -0.2) is 4.98 Å². The molecule has 3 aromatic rings. The molecular formula is C23H27N3O2S. The van der Waals surface area contributed by atoms with E-state index in [0.717, 1.165) is 41.6 Å². The lowest BCUT2D eigenvalue weighted by Crippen LogP contribution is -2.33. The van der Waals surface area contributed by atoms with Crippen molar-refractivity contribution in [3.63, 3.8) is 0 Å². The van der Waals surface area contributed by atoms with Crippen LogP contribution in [0.4, 0.5) is 5.69 Å². The van der Waals surface area contributed by atoms with Crippen LogP contribution in [0.25, 0.3) is 22.6 Å². The van der Waals surface area contributed by atoms with E-state index in [9.17, 15) is 4.79 Å². The fourth-order valence-electron chi connectivity index (χ4n) is 3.03. The van der Waals surface area contributed by atoms with Crippen molar-refractivity contribution in [1.82, 2.24) is 10.3 Å². The Labute approximate surface area is 176 Å². The summed E-state index contributed by atoms with van der Waals surface area (Å²) in [7, 11) is 0. The molecule has 5 nitrogen and oxygen atoms in total. The molecule has 152 valence electrons. The second kappa shape index (κ2) is 9.65. The molecule has 0 aliphatic heterocycles. The normalized spacial score (nSPS) is 12.0. The highest BCUT2D eigenvalue weighted by Crippen LogP contribution is 2.29. The van der Waals surface area contributed by atoms with Gasteiger partial charge in [0.1, 0.15) is 5.52 Å². The second-order valence-electron chi connectivity index (χ2n) is 7.24. The van der Waals surface area contributed by atoms with Crippen LogP contribution >= 0.6 is 12.2 Å². The number of rotatable bonds is 7. The Kier molecular flexibility index (Phi) is 6.99. The molecule has 0 fully saturated rings. The van der Waals surface area contributed by atoms with Gasteiger partial charge in [0.05, 0.1) is 0 Å². The van der Waals surface area contributed by atoms with Crippen molar-refractivity contribution >= 4 is 40.0 Å². The van der Waals surface area contributed by atoms with E-state index >= 15 is 0 Å². The molecule has 0 aliphatic rings. The van der Waals surface area contributed by atoms with Crippen molar-refractivity contribution in [2.24, 2.45) is 0 Å².